The Morgan fingerprint density at radius 2 is 1.86 bits per heavy atom. The van der Waals surface area contributed by atoms with Crippen LogP contribution in [0.15, 0.2) is 53.4 Å². The van der Waals surface area contributed by atoms with Gasteiger partial charge in [-0.05, 0) is 17.7 Å². The van der Waals surface area contributed by atoms with E-state index in [0.29, 0.717) is 24.0 Å². The molecular formula is C15H11N5O. The molecule has 6 nitrogen and oxygen atoms in total. The van der Waals surface area contributed by atoms with Gasteiger partial charge in [0.15, 0.2) is 0 Å². The topological polar surface area (TPSA) is 80.5 Å². The maximum absolute atomic E-state index is 5.29. The Kier molecular flexibility index (Phi) is 2.71. The number of aromatic nitrogens is 5. The average molecular weight is 277 g/mol. The van der Waals surface area contributed by atoms with Crippen molar-refractivity contribution in [3.8, 4) is 11.6 Å². The second kappa shape index (κ2) is 4.82. The lowest BCUT2D eigenvalue weighted by Crippen LogP contribution is -1.90. The lowest BCUT2D eigenvalue weighted by atomic mass is 10.1. The molecule has 0 radical (unpaired) electrons. The molecule has 21 heavy (non-hydrogen) atoms. The fourth-order valence-corrected chi connectivity index (χ4v) is 2.27. The Labute approximate surface area is 119 Å². The average Bonchev–Trinajstić information content (AvgIpc) is 3.17. The van der Waals surface area contributed by atoms with Crippen LogP contribution in [-0.2, 0) is 6.42 Å². The quantitative estimate of drug-likeness (QED) is 0.622. The van der Waals surface area contributed by atoms with Gasteiger partial charge in [0, 0.05) is 29.5 Å². The number of rotatable bonds is 3. The predicted molar refractivity (Wildman–Crippen MR) is 76.4 cm³/mol. The Bertz CT molecular complexity index is 881. The van der Waals surface area contributed by atoms with E-state index in [1.54, 1.807) is 18.5 Å². The van der Waals surface area contributed by atoms with E-state index in [-0.39, 0.29) is 0 Å². The molecule has 0 aliphatic carbocycles. The molecule has 0 amide bonds. The van der Waals surface area contributed by atoms with Gasteiger partial charge in [0.1, 0.15) is 0 Å². The van der Waals surface area contributed by atoms with Crippen LogP contribution in [0.3, 0.4) is 0 Å². The fraction of sp³-hybridized carbons (Fsp3) is 0.0667. The van der Waals surface area contributed by atoms with Gasteiger partial charge in [0.2, 0.25) is 17.5 Å². The zero-order valence-electron chi connectivity index (χ0n) is 11.0. The molecule has 0 fully saturated rings. The maximum atomic E-state index is 5.29. The normalized spacial score (nSPS) is 11.0. The lowest BCUT2D eigenvalue weighted by Gasteiger charge is -1.93. The summed E-state index contributed by atoms with van der Waals surface area (Å²) in [6.45, 7) is 0. The summed E-state index contributed by atoms with van der Waals surface area (Å²) in [7, 11) is 0. The number of nitrogens with one attached hydrogen (secondary N) is 1. The molecular weight excluding hydrogens is 266 g/mol. The Hall–Kier alpha value is -3.02. The monoisotopic (exact) mass is 277 g/mol. The molecule has 0 saturated heterocycles. The van der Waals surface area contributed by atoms with Crippen LogP contribution in [0.4, 0.5) is 0 Å². The van der Waals surface area contributed by atoms with Crippen molar-refractivity contribution in [1.29, 1.82) is 0 Å². The summed E-state index contributed by atoms with van der Waals surface area (Å²) in [5, 5.41) is 5.09. The van der Waals surface area contributed by atoms with Gasteiger partial charge in [-0.15, -0.1) is 0 Å². The summed E-state index contributed by atoms with van der Waals surface area (Å²) < 4.78 is 5.29. The Balaban J connectivity index is 1.65. The van der Waals surface area contributed by atoms with E-state index in [1.807, 2.05) is 24.4 Å². The third-order valence-electron chi connectivity index (χ3n) is 3.25. The molecule has 4 rings (SSSR count). The molecule has 0 spiro atoms. The van der Waals surface area contributed by atoms with Crippen LogP contribution in [0.5, 0.6) is 0 Å². The fourth-order valence-electron chi connectivity index (χ4n) is 2.27. The molecule has 1 N–H and O–H groups in total. The van der Waals surface area contributed by atoms with Crippen LogP contribution in [-0.4, -0.2) is 25.1 Å². The van der Waals surface area contributed by atoms with Gasteiger partial charge >= 0.3 is 0 Å². The minimum absolute atomic E-state index is 0.408. The molecule has 1 aromatic carbocycles. The molecule has 102 valence electrons. The molecule has 3 heterocycles. The van der Waals surface area contributed by atoms with Crippen molar-refractivity contribution in [2.24, 2.45) is 0 Å². The molecule has 0 saturated carbocycles. The first kappa shape index (κ1) is 11.8. The smallest absolute Gasteiger partial charge is 0.240 e. The van der Waals surface area contributed by atoms with Crippen LogP contribution in [0.2, 0.25) is 0 Å². The summed E-state index contributed by atoms with van der Waals surface area (Å²) in [6.07, 6.45) is 5.84. The van der Waals surface area contributed by atoms with E-state index < -0.39 is 0 Å². The SMILES string of the molecule is c1cnc(-c2noc(Cc3c[nH]c4ccccc34)n2)nc1. The van der Waals surface area contributed by atoms with Crippen molar-refractivity contribution >= 4 is 10.9 Å². The summed E-state index contributed by atoms with van der Waals surface area (Å²) in [5.74, 6) is 1.42. The van der Waals surface area contributed by atoms with E-state index in [1.165, 1.54) is 0 Å². The van der Waals surface area contributed by atoms with Gasteiger partial charge in [-0.3, -0.25) is 0 Å². The number of H-pyrrole nitrogens is 1. The minimum atomic E-state index is 0.408. The summed E-state index contributed by atoms with van der Waals surface area (Å²) in [4.78, 5) is 15.8. The highest BCUT2D eigenvalue weighted by atomic mass is 16.5. The standard InChI is InChI=1S/C15H11N5O/c1-2-5-12-11(4-1)10(9-18-12)8-13-19-15(20-21-13)14-16-6-3-7-17-14/h1-7,9,18H,8H2. The molecule has 0 unspecified atom stereocenters. The summed E-state index contributed by atoms with van der Waals surface area (Å²) in [5.41, 5.74) is 2.22. The Morgan fingerprint density at radius 1 is 1.00 bits per heavy atom. The maximum Gasteiger partial charge on any atom is 0.240 e. The zero-order valence-corrected chi connectivity index (χ0v) is 11.0. The van der Waals surface area contributed by atoms with Crippen molar-refractivity contribution in [1.82, 2.24) is 25.1 Å². The lowest BCUT2D eigenvalue weighted by molar-refractivity contribution is 0.385. The number of aromatic amines is 1. The molecule has 0 aliphatic rings. The second-order valence-corrected chi connectivity index (χ2v) is 4.62. The van der Waals surface area contributed by atoms with Crippen molar-refractivity contribution in [2.45, 2.75) is 6.42 Å². The number of hydrogen-bond donors (Lipinski definition) is 1. The van der Waals surface area contributed by atoms with Gasteiger partial charge in [-0.25, -0.2) is 9.97 Å². The Morgan fingerprint density at radius 3 is 2.76 bits per heavy atom. The summed E-state index contributed by atoms with van der Waals surface area (Å²) in [6, 6.07) is 9.86. The summed E-state index contributed by atoms with van der Waals surface area (Å²) >= 11 is 0. The van der Waals surface area contributed by atoms with Gasteiger partial charge < -0.3 is 9.51 Å². The van der Waals surface area contributed by atoms with Crippen molar-refractivity contribution in [2.75, 3.05) is 0 Å². The molecule has 3 aromatic heterocycles. The van der Waals surface area contributed by atoms with Gasteiger partial charge in [0.05, 0.1) is 6.42 Å². The largest absolute Gasteiger partial charge is 0.361 e. The number of nitrogens with zero attached hydrogens (tertiary/aromatic N) is 4. The first-order chi connectivity index (χ1) is 10.4. The second-order valence-electron chi connectivity index (χ2n) is 4.62. The molecule has 4 aromatic rings. The first-order valence-corrected chi connectivity index (χ1v) is 6.55. The minimum Gasteiger partial charge on any atom is -0.361 e. The van der Waals surface area contributed by atoms with Crippen LogP contribution >= 0.6 is 0 Å². The van der Waals surface area contributed by atoms with E-state index in [9.17, 15) is 0 Å². The van der Waals surface area contributed by atoms with Crippen LogP contribution in [0, 0.1) is 0 Å². The highest BCUT2D eigenvalue weighted by Crippen LogP contribution is 2.20. The van der Waals surface area contributed by atoms with E-state index in [4.69, 9.17) is 4.52 Å². The highest BCUT2D eigenvalue weighted by Gasteiger charge is 2.12. The molecule has 0 atom stereocenters. The van der Waals surface area contributed by atoms with Gasteiger partial charge in [-0.1, -0.05) is 23.4 Å². The first-order valence-electron chi connectivity index (χ1n) is 6.55. The van der Waals surface area contributed by atoms with Gasteiger partial charge in [0.25, 0.3) is 0 Å². The third-order valence-corrected chi connectivity index (χ3v) is 3.25. The zero-order chi connectivity index (χ0) is 14.1. The predicted octanol–water partition coefficient (Wildman–Crippen LogP) is 2.60. The van der Waals surface area contributed by atoms with Crippen molar-refractivity contribution in [3.05, 3.63) is 60.4 Å². The molecule has 6 heteroatoms. The molecule has 0 aliphatic heterocycles. The van der Waals surface area contributed by atoms with Gasteiger partial charge in [-0.2, -0.15) is 4.98 Å². The number of hydrogen-bond acceptors (Lipinski definition) is 5. The van der Waals surface area contributed by atoms with E-state index >= 15 is 0 Å². The highest BCUT2D eigenvalue weighted by molar-refractivity contribution is 5.83. The van der Waals surface area contributed by atoms with Crippen LogP contribution in [0.1, 0.15) is 11.5 Å². The third kappa shape index (κ3) is 2.16. The number of para-hydroxylation sites is 1. The molecule has 0 bridgehead atoms. The van der Waals surface area contributed by atoms with Crippen LogP contribution in [0.25, 0.3) is 22.6 Å². The van der Waals surface area contributed by atoms with Crippen LogP contribution < -0.4 is 0 Å². The van der Waals surface area contributed by atoms with E-state index in [2.05, 4.69) is 31.2 Å². The number of benzene rings is 1. The number of fused-ring (bicyclic) bond motifs is 1. The van der Waals surface area contributed by atoms with Crippen molar-refractivity contribution < 1.29 is 4.52 Å². The van der Waals surface area contributed by atoms with Crippen molar-refractivity contribution in [3.63, 3.8) is 0 Å². The van der Waals surface area contributed by atoms with E-state index in [0.717, 1.165) is 16.5 Å².